The fraction of sp³-hybridized carbons (Fsp3) is 0.286. The summed E-state index contributed by atoms with van der Waals surface area (Å²) in [5.41, 5.74) is -0.497. The fourth-order valence-electron chi connectivity index (χ4n) is 1.90. The van der Waals surface area contributed by atoms with Crippen molar-refractivity contribution in [2.24, 2.45) is 0 Å². The Labute approximate surface area is 119 Å². The SMILES string of the molecule is CCC(Nc1ccc(Cl)c(C(F)(F)F)c1)c1ccco1. The molecule has 0 saturated carbocycles. The van der Waals surface area contributed by atoms with Crippen LogP contribution in [0.3, 0.4) is 0 Å². The van der Waals surface area contributed by atoms with Gasteiger partial charge in [0.2, 0.25) is 0 Å². The average molecular weight is 304 g/mol. The van der Waals surface area contributed by atoms with Gasteiger partial charge in [-0.25, -0.2) is 0 Å². The molecular formula is C14H13ClF3NO. The minimum absolute atomic E-state index is 0.188. The topological polar surface area (TPSA) is 25.2 Å². The monoisotopic (exact) mass is 303 g/mol. The van der Waals surface area contributed by atoms with Crippen molar-refractivity contribution in [1.82, 2.24) is 0 Å². The van der Waals surface area contributed by atoms with E-state index >= 15 is 0 Å². The second-order valence-electron chi connectivity index (χ2n) is 4.31. The number of hydrogen-bond acceptors (Lipinski definition) is 2. The van der Waals surface area contributed by atoms with Gasteiger partial charge in [0.1, 0.15) is 5.76 Å². The first-order valence-corrected chi connectivity index (χ1v) is 6.46. The molecule has 1 aromatic carbocycles. The third-order valence-corrected chi connectivity index (χ3v) is 3.24. The minimum Gasteiger partial charge on any atom is -0.467 e. The van der Waals surface area contributed by atoms with Crippen LogP contribution < -0.4 is 5.32 Å². The van der Waals surface area contributed by atoms with Gasteiger partial charge in [-0.3, -0.25) is 0 Å². The highest BCUT2D eigenvalue weighted by atomic mass is 35.5. The molecule has 1 aromatic heterocycles. The lowest BCUT2D eigenvalue weighted by molar-refractivity contribution is -0.137. The lowest BCUT2D eigenvalue weighted by Gasteiger charge is -2.18. The molecule has 108 valence electrons. The largest absolute Gasteiger partial charge is 0.467 e. The van der Waals surface area contributed by atoms with E-state index in [0.29, 0.717) is 17.9 Å². The maximum atomic E-state index is 12.8. The Kier molecular flexibility index (Phi) is 4.28. The lowest BCUT2D eigenvalue weighted by atomic mass is 10.1. The van der Waals surface area contributed by atoms with E-state index in [2.05, 4.69) is 5.32 Å². The van der Waals surface area contributed by atoms with Crippen LogP contribution in [0.25, 0.3) is 0 Å². The Morgan fingerprint density at radius 1 is 1.30 bits per heavy atom. The normalized spacial score (nSPS) is 13.2. The molecule has 2 aromatic rings. The van der Waals surface area contributed by atoms with E-state index in [0.717, 1.165) is 6.07 Å². The molecule has 1 unspecified atom stereocenters. The van der Waals surface area contributed by atoms with Crippen LogP contribution >= 0.6 is 11.6 Å². The van der Waals surface area contributed by atoms with E-state index < -0.39 is 11.7 Å². The van der Waals surface area contributed by atoms with E-state index in [4.69, 9.17) is 16.0 Å². The maximum absolute atomic E-state index is 12.8. The van der Waals surface area contributed by atoms with Crippen LogP contribution in [0.2, 0.25) is 5.02 Å². The van der Waals surface area contributed by atoms with Crippen molar-refractivity contribution in [1.29, 1.82) is 0 Å². The summed E-state index contributed by atoms with van der Waals surface area (Å²) >= 11 is 5.58. The van der Waals surface area contributed by atoms with Gasteiger partial charge >= 0.3 is 6.18 Å². The fourth-order valence-corrected chi connectivity index (χ4v) is 2.12. The summed E-state index contributed by atoms with van der Waals surface area (Å²) in [6.45, 7) is 1.92. The standard InChI is InChI=1S/C14H13ClF3NO/c1-2-12(13-4-3-7-20-13)19-9-5-6-11(15)10(8-9)14(16,17)18/h3-8,12,19H,2H2,1H3. The summed E-state index contributed by atoms with van der Waals surface area (Å²) in [6, 6.07) is 7.09. The quantitative estimate of drug-likeness (QED) is 0.805. The first-order valence-electron chi connectivity index (χ1n) is 6.08. The van der Waals surface area contributed by atoms with Gasteiger partial charge in [-0.1, -0.05) is 18.5 Å². The van der Waals surface area contributed by atoms with Crippen molar-refractivity contribution < 1.29 is 17.6 Å². The van der Waals surface area contributed by atoms with E-state index in [1.54, 1.807) is 12.1 Å². The van der Waals surface area contributed by atoms with Gasteiger partial charge in [0, 0.05) is 5.69 Å². The molecule has 1 heterocycles. The predicted octanol–water partition coefficient (Wildman–Crippen LogP) is 5.52. The summed E-state index contributed by atoms with van der Waals surface area (Å²) in [7, 11) is 0. The van der Waals surface area contributed by atoms with Crippen molar-refractivity contribution in [3.8, 4) is 0 Å². The Morgan fingerprint density at radius 3 is 2.60 bits per heavy atom. The van der Waals surface area contributed by atoms with Crippen LogP contribution in [0, 0.1) is 0 Å². The predicted molar refractivity (Wildman–Crippen MR) is 71.8 cm³/mol. The highest BCUT2D eigenvalue weighted by Crippen LogP contribution is 2.37. The number of anilines is 1. The van der Waals surface area contributed by atoms with E-state index in [1.807, 2.05) is 6.92 Å². The maximum Gasteiger partial charge on any atom is 0.417 e. The van der Waals surface area contributed by atoms with Crippen molar-refractivity contribution >= 4 is 17.3 Å². The zero-order valence-corrected chi connectivity index (χ0v) is 11.4. The molecular weight excluding hydrogens is 291 g/mol. The molecule has 0 aliphatic heterocycles. The molecule has 20 heavy (non-hydrogen) atoms. The molecule has 6 heteroatoms. The van der Waals surface area contributed by atoms with E-state index in [9.17, 15) is 13.2 Å². The third kappa shape index (κ3) is 3.28. The number of hydrogen-bond donors (Lipinski definition) is 1. The van der Waals surface area contributed by atoms with Gasteiger partial charge in [0.05, 0.1) is 22.9 Å². The second-order valence-corrected chi connectivity index (χ2v) is 4.72. The van der Waals surface area contributed by atoms with Gasteiger partial charge in [0.15, 0.2) is 0 Å². The third-order valence-electron chi connectivity index (χ3n) is 2.91. The number of halogens is 4. The van der Waals surface area contributed by atoms with E-state index in [-0.39, 0.29) is 11.1 Å². The number of furan rings is 1. The highest BCUT2D eigenvalue weighted by molar-refractivity contribution is 6.31. The van der Waals surface area contributed by atoms with Crippen molar-refractivity contribution in [2.75, 3.05) is 5.32 Å². The minimum atomic E-state index is -4.47. The molecule has 0 aliphatic carbocycles. The molecule has 1 atom stereocenters. The number of nitrogens with one attached hydrogen (secondary N) is 1. The van der Waals surface area contributed by atoms with Gasteiger partial charge in [-0.15, -0.1) is 0 Å². The van der Waals surface area contributed by atoms with Crippen LogP contribution in [0.15, 0.2) is 41.0 Å². The molecule has 0 radical (unpaired) electrons. The summed E-state index contributed by atoms with van der Waals surface area (Å²) in [6.07, 6.45) is -2.26. The van der Waals surface area contributed by atoms with Gasteiger partial charge in [-0.05, 0) is 36.8 Å². The Bertz CT molecular complexity index is 566. The highest BCUT2D eigenvalue weighted by Gasteiger charge is 2.33. The smallest absolute Gasteiger partial charge is 0.417 e. The summed E-state index contributed by atoms with van der Waals surface area (Å²) in [5, 5.41) is 2.71. The number of rotatable bonds is 4. The van der Waals surface area contributed by atoms with Crippen molar-refractivity contribution in [3.63, 3.8) is 0 Å². The zero-order valence-electron chi connectivity index (χ0n) is 10.7. The number of alkyl halides is 3. The average Bonchev–Trinajstić information content (AvgIpc) is 2.90. The van der Waals surface area contributed by atoms with Crippen LogP contribution in [-0.2, 0) is 6.18 Å². The van der Waals surface area contributed by atoms with Gasteiger partial charge in [0.25, 0.3) is 0 Å². The summed E-state index contributed by atoms with van der Waals surface area (Å²) in [5.74, 6) is 0.677. The Hall–Kier alpha value is -1.62. The second kappa shape index (κ2) is 5.79. The Balaban J connectivity index is 2.25. The lowest BCUT2D eigenvalue weighted by Crippen LogP contribution is -2.11. The summed E-state index contributed by atoms with van der Waals surface area (Å²) < 4.78 is 43.6. The molecule has 0 amide bonds. The zero-order chi connectivity index (χ0) is 14.8. The molecule has 1 N–H and O–H groups in total. The molecule has 2 rings (SSSR count). The van der Waals surface area contributed by atoms with Crippen molar-refractivity contribution in [2.45, 2.75) is 25.6 Å². The van der Waals surface area contributed by atoms with Crippen LogP contribution in [0.1, 0.15) is 30.7 Å². The molecule has 0 bridgehead atoms. The first kappa shape index (κ1) is 14.8. The first-order chi connectivity index (χ1) is 9.41. The van der Waals surface area contributed by atoms with Gasteiger partial charge < -0.3 is 9.73 Å². The van der Waals surface area contributed by atoms with Crippen molar-refractivity contribution in [3.05, 3.63) is 52.9 Å². The Morgan fingerprint density at radius 2 is 2.05 bits per heavy atom. The summed E-state index contributed by atoms with van der Waals surface area (Å²) in [4.78, 5) is 0. The number of benzene rings is 1. The van der Waals surface area contributed by atoms with Crippen LogP contribution in [0.4, 0.5) is 18.9 Å². The molecule has 2 nitrogen and oxygen atoms in total. The molecule has 0 spiro atoms. The van der Waals surface area contributed by atoms with E-state index in [1.165, 1.54) is 18.4 Å². The molecule has 0 aliphatic rings. The van der Waals surface area contributed by atoms with Crippen LogP contribution in [-0.4, -0.2) is 0 Å². The molecule has 0 saturated heterocycles. The van der Waals surface area contributed by atoms with Gasteiger partial charge in [-0.2, -0.15) is 13.2 Å². The van der Waals surface area contributed by atoms with Crippen LogP contribution in [0.5, 0.6) is 0 Å². The molecule has 0 fully saturated rings.